The van der Waals surface area contributed by atoms with Crippen molar-refractivity contribution in [1.82, 2.24) is 30.4 Å². The Balaban J connectivity index is 1.28. The zero-order valence-corrected chi connectivity index (χ0v) is 24.5. The van der Waals surface area contributed by atoms with Gasteiger partial charge in [-0.05, 0) is 62.7 Å². The topological polar surface area (TPSA) is 99.5 Å². The standard InChI is InChI=1S/C33H33F2N7O2/c1-3-24-26(35)8-5-19-11-23(43)12-25(27(19)24)28-18(2)29-30(40-39-28)31(41-15-21-6-7-22(16-41)36-21)38-32(37-29)44-17-33-9-4-10-42(33)14-20(34)13-33/h1,5,8,11-12,20-22,36,43H,4,6-7,9-10,13-17H2,2H3/t20-,21-,22+,33+/m1/s1. The summed E-state index contributed by atoms with van der Waals surface area (Å²) in [5, 5.41) is 24.6. The van der Waals surface area contributed by atoms with Crippen LogP contribution in [0.3, 0.4) is 0 Å². The number of hydrogen-bond donors (Lipinski definition) is 2. The van der Waals surface area contributed by atoms with Crippen LogP contribution in [0.5, 0.6) is 11.8 Å². The summed E-state index contributed by atoms with van der Waals surface area (Å²) in [6, 6.07) is 6.88. The molecule has 4 aliphatic rings. The molecule has 9 nitrogen and oxygen atoms in total. The minimum absolute atomic E-state index is 0.00447. The number of fused-ring (bicyclic) bond motifs is 5. The molecule has 0 saturated carbocycles. The second kappa shape index (κ2) is 10.2. The number of nitrogens with one attached hydrogen (secondary N) is 1. The molecule has 0 unspecified atom stereocenters. The Kier molecular flexibility index (Phi) is 6.36. The van der Waals surface area contributed by atoms with E-state index in [1.54, 1.807) is 12.1 Å². The van der Waals surface area contributed by atoms with Crippen molar-refractivity contribution in [2.75, 3.05) is 37.7 Å². The van der Waals surface area contributed by atoms with E-state index in [1.165, 1.54) is 12.1 Å². The molecule has 4 aromatic rings. The number of phenols is 1. The predicted molar refractivity (Wildman–Crippen MR) is 163 cm³/mol. The number of aromatic nitrogens is 4. The van der Waals surface area contributed by atoms with Gasteiger partial charge in [-0.15, -0.1) is 16.6 Å². The van der Waals surface area contributed by atoms with Crippen molar-refractivity contribution in [3.63, 3.8) is 0 Å². The molecule has 4 aliphatic heterocycles. The summed E-state index contributed by atoms with van der Waals surface area (Å²) in [6.07, 6.45) is 9.42. The molecule has 4 saturated heterocycles. The van der Waals surface area contributed by atoms with Crippen LogP contribution in [0, 0.1) is 25.1 Å². The summed E-state index contributed by atoms with van der Waals surface area (Å²) >= 11 is 0. The highest BCUT2D eigenvalue weighted by atomic mass is 19.1. The summed E-state index contributed by atoms with van der Waals surface area (Å²) in [6.45, 7) is 5.03. The average Bonchev–Trinajstić information content (AvgIpc) is 3.66. The van der Waals surface area contributed by atoms with Crippen molar-refractivity contribution in [2.24, 2.45) is 0 Å². The number of rotatable bonds is 5. The Morgan fingerprint density at radius 3 is 2.75 bits per heavy atom. The van der Waals surface area contributed by atoms with Crippen LogP contribution in [0.4, 0.5) is 14.6 Å². The second-order valence-electron chi connectivity index (χ2n) is 12.8. The lowest BCUT2D eigenvalue weighted by atomic mass is 9.94. The molecule has 6 heterocycles. The molecule has 4 atom stereocenters. The van der Waals surface area contributed by atoms with Gasteiger partial charge >= 0.3 is 6.01 Å². The lowest BCUT2D eigenvalue weighted by Crippen LogP contribution is -2.51. The number of terminal acetylenes is 1. The summed E-state index contributed by atoms with van der Waals surface area (Å²) in [5.41, 5.74) is 2.39. The minimum Gasteiger partial charge on any atom is -0.508 e. The Bertz CT molecular complexity index is 1850. The number of halogens is 2. The predicted octanol–water partition coefficient (Wildman–Crippen LogP) is 4.27. The molecule has 0 amide bonds. The fourth-order valence-electron chi connectivity index (χ4n) is 7.97. The highest BCUT2D eigenvalue weighted by Crippen LogP contribution is 2.42. The van der Waals surface area contributed by atoms with Gasteiger partial charge in [0, 0.05) is 54.7 Å². The molecule has 8 rings (SSSR count). The molecule has 44 heavy (non-hydrogen) atoms. The number of aromatic hydroxyl groups is 1. The van der Waals surface area contributed by atoms with Gasteiger partial charge < -0.3 is 20.1 Å². The maximum Gasteiger partial charge on any atom is 0.319 e. The molecule has 2 aromatic carbocycles. The van der Waals surface area contributed by atoms with E-state index in [0.29, 0.717) is 76.1 Å². The lowest BCUT2D eigenvalue weighted by Gasteiger charge is -2.34. The summed E-state index contributed by atoms with van der Waals surface area (Å²) < 4.78 is 35.7. The van der Waals surface area contributed by atoms with Gasteiger partial charge in [-0.2, -0.15) is 9.97 Å². The fraction of sp³-hybridized carbons (Fsp3) is 0.455. The summed E-state index contributed by atoms with van der Waals surface area (Å²) in [5.74, 6) is 2.58. The van der Waals surface area contributed by atoms with Crippen LogP contribution in [0.1, 0.15) is 43.2 Å². The number of ether oxygens (including phenoxy) is 1. The molecular weight excluding hydrogens is 564 g/mol. The van der Waals surface area contributed by atoms with Crippen LogP contribution in [-0.2, 0) is 0 Å². The molecule has 11 heteroatoms. The Morgan fingerprint density at radius 1 is 1.14 bits per heavy atom. The van der Waals surface area contributed by atoms with Crippen LogP contribution in [-0.4, -0.2) is 86.8 Å². The van der Waals surface area contributed by atoms with Crippen LogP contribution in [0.25, 0.3) is 33.1 Å². The first-order chi connectivity index (χ1) is 21.3. The Labute approximate surface area is 253 Å². The number of piperazine rings is 1. The normalized spacial score (nSPS) is 26.4. The van der Waals surface area contributed by atoms with Crippen molar-refractivity contribution in [1.29, 1.82) is 0 Å². The maximum absolute atomic E-state index is 14.9. The molecule has 226 valence electrons. The lowest BCUT2D eigenvalue weighted by molar-refractivity contribution is 0.107. The number of aryl methyl sites for hydroxylation is 1. The fourth-order valence-corrected chi connectivity index (χ4v) is 7.97. The molecule has 2 N–H and O–H groups in total. The van der Waals surface area contributed by atoms with Crippen molar-refractivity contribution < 1.29 is 18.6 Å². The molecule has 2 bridgehead atoms. The average molecular weight is 598 g/mol. The molecule has 0 spiro atoms. The van der Waals surface area contributed by atoms with Crippen LogP contribution < -0.4 is 15.0 Å². The first-order valence-corrected chi connectivity index (χ1v) is 15.3. The molecular formula is C33H33F2N7O2. The number of phenolic OH excluding ortho intramolecular Hbond substituents is 1. The molecule has 0 radical (unpaired) electrons. The van der Waals surface area contributed by atoms with E-state index in [4.69, 9.17) is 21.1 Å². The summed E-state index contributed by atoms with van der Waals surface area (Å²) in [4.78, 5) is 14.2. The second-order valence-corrected chi connectivity index (χ2v) is 12.8. The zero-order valence-electron chi connectivity index (χ0n) is 24.5. The van der Waals surface area contributed by atoms with E-state index >= 15 is 0 Å². The minimum atomic E-state index is -0.863. The van der Waals surface area contributed by atoms with Gasteiger partial charge in [-0.1, -0.05) is 12.0 Å². The largest absolute Gasteiger partial charge is 0.508 e. The monoisotopic (exact) mass is 597 g/mol. The first-order valence-electron chi connectivity index (χ1n) is 15.3. The van der Waals surface area contributed by atoms with Gasteiger partial charge in [0.1, 0.15) is 29.9 Å². The number of hydrogen-bond acceptors (Lipinski definition) is 9. The Morgan fingerprint density at radius 2 is 1.95 bits per heavy atom. The molecule has 2 aromatic heterocycles. The maximum atomic E-state index is 14.9. The first kappa shape index (κ1) is 27.4. The third-order valence-corrected chi connectivity index (χ3v) is 10.0. The van der Waals surface area contributed by atoms with Gasteiger partial charge in [0.25, 0.3) is 0 Å². The van der Waals surface area contributed by atoms with Crippen molar-refractivity contribution in [2.45, 2.75) is 62.8 Å². The third kappa shape index (κ3) is 4.34. The smallest absolute Gasteiger partial charge is 0.319 e. The van der Waals surface area contributed by atoms with Gasteiger partial charge in [0.05, 0.1) is 16.8 Å². The van der Waals surface area contributed by atoms with Gasteiger partial charge in [-0.3, -0.25) is 4.90 Å². The van der Waals surface area contributed by atoms with Gasteiger partial charge in [0.2, 0.25) is 0 Å². The van der Waals surface area contributed by atoms with Crippen LogP contribution in [0.2, 0.25) is 0 Å². The molecule has 4 fully saturated rings. The van der Waals surface area contributed by atoms with E-state index in [0.717, 1.165) is 45.3 Å². The quantitative estimate of drug-likeness (QED) is 0.327. The van der Waals surface area contributed by atoms with E-state index in [2.05, 4.69) is 31.2 Å². The van der Waals surface area contributed by atoms with Crippen molar-refractivity contribution in [3.05, 3.63) is 41.2 Å². The third-order valence-electron chi connectivity index (χ3n) is 10.0. The number of alkyl halides is 1. The molecule has 0 aliphatic carbocycles. The highest BCUT2D eigenvalue weighted by Gasteiger charge is 2.49. The van der Waals surface area contributed by atoms with Crippen molar-refractivity contribution >= 4 is 27.6 Å². The van der Waals surface area contributed by atoms with E-state index in [-0.39, 0.29) is 22.9 Å². The van der Waals surface area contributed by atoms with E-state index in [1.807, 2.05) is 6.92 Å². The number of anilines is 1. The zero-order chi connectivity index (χ0) is 30.2. The summed E-state index contributed by atoms with van der Waals surface area (Å²) in [7, 11) is 0. The SMILES string of the molecule is C#Cc1c(F)ccc2cc(O)cc(-c3nnc4c(N5C[C@H]6CC[C@@H](C5)N6)nc(OC[C@@]56CCCN5C[C@H](F)C6)nc4c3C)c12. The van der Waals surface area contributed by atoms with E-state index in [9.17, 15) is 13.9 Å². The van der Waals surface area contributed by atoms with Gasteiger partial charge in [-0.25, -0.2) is 8.78 Å². The van der Waals surface area contributed by atoms with Crippen LogP contribution >= 0.6 is 0 Å². The van der Waals surface area contributed by atoms with Gasteiger partial charge in [0.15, 0.2) is 11.3 Å². The number of nitrogens with zero attached hydrogens (tertiary/aromatic N) is 6. The van der Waals surface area contributed by atoms with Crippen molar-refractivity contribution in [3.8, 4) is 35.4 Å². The highest BCUT2D eigenvalue weighted by molar-refractivity contribution is 6.03. The Hall–Kier alpha value is -4.14. The van der Waals surface area contributed by atoms with Crippen LogP contribution in [0.15, 0.2) is 24.3 Å². The van der Waals surface area contributed by atoms with E-state index < -0.39 is 12.0 Å². The number of benzene rings is 2.